The highest BCUT2D eigenvalue weighted by Crippen LogP contribution is 2.26. The number of carbonyl (C=O) groups excluding carboxylic acids is 2. The third-order valence-corrected chi connectivity index (χ3v) is 5.01. The molecule has 4 rings (SSSR count). The first-order valence-corrected chi connectivity index (χ1v) is 8.18. The summed E-state index contributed by atoms with van der Waals surface area (Å²) >= 11 is 5.97. The van der Waals surface area contributed by atoms with E-state index < -0.39 is 6.04 Å². The Morgan fingerprint density at radius 1 is 1.35 bits per heavy atom. The van der Waals surface area contributed by atoms with Crippen LogP contribution < -0.4 is 0 Å². The Morgan fingerprint density at radius 3 is 3.00 bits per heavy atom. The van der Waals surface area contributed by atoms with Gasteiger partial charge in [-0.1, -0.05) is 11.6 Å². The molecule has 2 atom stereocenters. The smallest absolute Gasteiger partial charge is 0.274 e. The minimum absolute atomic E-state index is 0.0407. The first-order chi connectivity index (χ1) is 11.0. The molecule has 2 fully saturated rings. The topological polar surface area (TPSA) is 57.9 Å². The highest BCUT2D eigenvalue weighted by molar-refractivity contribution is 6.30. The largest absolute Gasteiger partial charge is 0.336 e. The maximum Gasteiger partial charge on any atom is 0.274 e. The Bertz CT molecular complexity index is 802. The quantitative estimate of drug-likeness (QED) is 0.800. The van der Waals surface area contributed by atoms with Gasteiger partial charge in [-0.05, 0) is 31.9 Å². The molecular formula is C16H17ClN4O2. The fourth-order valence-electron chi connectivity index (χ4n) is 3.55. The van der Waals surface area contributed by atoms with Crippen LogP contribution in [0.2, 0.25) is 5.02 Å². The molecule has 23 heavy (non-hydrogen) atoms. The highest BCUT2D eigenvalue weighted by Gasteiger charge is 2.42. The van der Waals surface area contributed by atoms with Crippen molar-refractivity contribution in [2.24, 2.45) is 0 Å². The number of nitrogens with zero attached hydrogens (tertiary/aromatic N) is 4. The number of hydrogen-bond donors (Lipinski definition) is 0. The van der Waals surface area contributed by atoms with Gasteiger partial charge in [0.15, 0.2) is 0 Å². The second-order valence-corrected chi connectivity index (χ2v) is 6.64. The summed E-state index contributed by atoms with van der Waals surface area (Å²) < 4.78 is 1.73. The summed E-state index contributed by atoms with van der Waals surface area (Å²) in [7, 11) is 0. The van der Waals surface area contributed by atoms with Crippen LogP contribution in [0.3, 0.4) is 0 Å². The van der Waals surface area contributed by atoms with E-state index in [1.165, 1.54) is 0 Å². The van der Waals surface area contributed by atoms with Gasteiger partial charge in [-0.15, -0.1) is 0 Å². The van der Waals surface area contributed by atoms with Gasteiger partial charge in [0.2, 0.25) is 5.91 Å². The Balaban J connectivity index is 1.65. The average molecular weight is 333 g/mol. The van der Waals surface area contributed by atoms with Gasteiger partial charge in [0.25, 0.3) is 5.91 Å². The number of fused-ring (bicyclic) bond motifs is 2. The van der Waals surface area contributed by atoms with Crippen LogP contribution in [0.1, 0.15) is 30.3 Å². The number of rotatable bonds is 1. The molecule has 0 spiro atoms. The standard InChI is InChI=1S/C16H17ClN4O2/c1-10-15(22)20-6-2-3-12(20)8-21(10)16(23)13-9-19-7-11(17)4-5-14(19)18-13/h4-5,7,9-10,12H,2-3,6,8H2,1H3/t10-,12+/m1/s1. The van der Waals surface area contributed by atoms with Gasteiger partial charge in [0.1, 0.15) is 17.4 Å². The molecule has 2 aromatic rings. The van der Waals surface area contributed by atoms with Crippen LogP contribution >= 0.6 is 11.6 Å². The number of imidazole rings is 1. The van der Waals surface area contributed by atoms with Crippen molar-refractivity contribution in [3.63, 3.8) is 0 Å². The number of piperazine rings is 1. The molecule has 2 aliphatic rings. The number of amides is 2. The van der Waals surface area contributed by atoms with Gasteiger partial charge in [0.05, 0.1) is 5.02 Å². The number of halogens is 1. The van der Waals surface area contributed by atoms with Crippen molar-refractivity contribution in [2.75, 3.05) is 13.1 Å². The molecule has 0 N–H and O–H groups in total. The molecule has 4 heterocycles. The number of pyridine rings is 1. The molecule has 2 aromatic heterocycles. The normalized spacial score (nSPS) is 24.3. The van der Waals surface area contributed by atoms with E-state index >= 15 is 0 Å². The fraction of sp³-hybridized carbons (Fsp3) is 0.438. The van der Waals surface area contributed by atoms with Crippen LogP contribution in [0.5, 0.6) is 0 Å². The van der Waals surface area contributed by atoms with Gasteiger partial charge in [-0.25, -0.2) is 4.98 Å². The van der Waals surface area contributed by atoms with E-state index in [0.29, 0.717) is 22.9 Å². The second kappa shape index (κ2) is 5.23. The van der Waals surface area contributed by atoms with E-state index in [1.807, 2.05) is 4.90 Å². The Hall–Kier alpha value is -2.08. The van der Waals surface area contributed by atoms with Crippen molar-refractivity contribution in [3.05, 3.63) is 35.2 Å². The predicted molar refractivity (Wildman–Crippen MR) is 85.4 cm³/mol. The van der Waals surface area contributed by atoms with Crippen LogP contribution in [0.25, 0.3) is 5.65 Å². The van der Waals surface area contributed by atoms with Crippen molar-refractivity contribution >= 4 is 29.1 Å². The van der Waals surface area contributed by atoms with Crippen molar-refractivity contribution in [1.82, 2.24) is 19.2 Å². The molecule has 0 aromatic carbocycles. The molecule has 120 valence electrons. The van der Waals surface area contributed by atoms with Crippen molar-refractivity contribution in [2.45, 2.75) is 31.8 Å². The molecule has 2 amide bonds. The SMILES string of the molecule is C[C@@H]1C(=O)N2CCC[C@H]2CN1C(=O)c1cn2cc(Cl)ccc2n1. The van der Waals surface area contributed by atoms with Crippen LogP contribution in [-0.2, 0) is 4.79 Å². The first kappa shape index (κ1) is 14.5. The summed E-state index contributed by atoms with van der Waals surface area (Å²) in [5.41, 5.74) is 1.01. The lowest BCUT2D eigenvalue weighted by atomic mass is 10.1. The van der Waals surface area contributed by atoms with Crippen LogP contribution in [0, 0.1) is 0 Å². The van der Waals surface area contributed by atoms with Gasteiger partial charge >= 0.3 is 0 Å². The summed E-state index contributed by atoms with van der Waals surface area (Å²) in [6.45, 7) is 3.19. The van der Waals surface area contributed by atoms with Crippen molar-refractivity contribution in [3.8, 4) is 0 Å². The number of hydrogen-bond acceptors (Lipinski definition) is 3. The van der Waals surface area contributed by atoms with Crippen LogP contribution in [0.4, 0.5) is 0 Å². The molecule has 0 aliphatic carbocycles. The highest BCUT2D eigenvalue weighted by atomic mass is 35.5. The van der Waals surface area contributed by atoms with Gasteiger partial charge in [0, 0.05) is 31.5 Å². The molecule has 7 heteroatoms. The van der Waals surface area contributed by atoms with Crippen molar-refractivity contribution < 1.29 is 9.59 Å². The molecule has 0 saturated carbocycles. The summed E-state index contributed by atoms with van der Waals surface area (Å²) in [5, 5.41) is 0.581. The van der Waals surface area contributed by atoms with E-state index in [1.54, 1.807) is 40.8 Å². The van der Waals surface area contributed by atoms with Crippen LogP contribution in [-0.4, -0.2) is 56.2 Å². The fourth-order valence-corrected chi connectivity index (χ4v) is 3.72. The zero-order valence-electron chi connectivity index (χ0n) is 12.8. The minimum atomic E-state index is -0.440. The Labute approximate surface area is 138 Å². The third kappa shape index (κ3) is 2.28. The van der Waals surface area contributed by atoms with Gasteiger partial charge < -0.3 is 14.2 Å². The summed E-state index contributed by atoms with van der Waals surface area (Å²) in [4.78, 5) is 33.2. The summed E-state index contributed by atoms with van der Waals surface area (Å²) in [6, 6.07) is 3.21. The summed E-state index contributed by atoms with van der Waals surface area (Å²) in [6.07, 6.45) is 5.35. The zero-order valence-corrected chi connectivity index (χ0v) is 13.5. The van der Waals surface area contributed by atoms with E-state index in [9.17, 15) is 9.59 Å². The van der Waals surface area contributed by atoms with E-state index in [2.05, 4.69) is 4.98 Å². The summed E-state index contributed by atoms with van der Waals surface area (Å²) in [5.74, 6) is -0.156. The molecular weight excluding hydrogens is 316 g/mol. The number of aromatic nitrogens is 2. The molecule has 6 nitrogen and oxygen atoms in total. The van der Waals surface area contributed by atoms with E-state index in [-0.39, 0.29) is 17.9 Å². The van der Waals surface area contributed by atoms with Crippen LogP contribution in [0.15, 0.2) is 24.5 Å². The van der Waals surface area contributed by atoms with Crippen molar-refractivity contribution in [1.29, 1.82) is 0 Å². The monoisotopic (exact) mass is 332 g/mol. The molecule has 0 bridgehead atoms. The average Bonchev–Trinajstić information content (AvgIpc) is 3.16. The van der Waals surface area contributed by atoms with E-state index in [4.69, 9.17) is 11.6 Å². The Morgan fingerprint density at radius 2 is 2.17 bits per heavy atom. The maximum atomic E-state index is 12.8. The molecule has 0 unspecified atom stereocenters. The lowest BCUT2D eigenvalue weighted by Gasteiger charge is -2.41. The first-order valence-electron chi connectivity index (χ1n) is 7.80. The Kier molecular flexibility index (Phi) is 3.30. The zero-order chi connectivity index (χ0) is 16.1. The van der Waals surface area contributed by atoms with E-state index in [0.717, 1.165) is 19.4 Å². The number of carbonyl (C=O) groups is 2. The maximum absolute atomic E-state index is 12.8. The molecule has 2 saturated heterocycles. The molecule has 0 radical (unpaired) electrons. The molecule has 2 aliphatic heterocycles. The minimum Gasteiger partial charge on any atom is -0.336 e. The second-order valence-electron chi connectivity index (χ2n) is 6.20. The lowest BCUT2D eigenvalue weighted by Crippen LogP contribution is -2.60. The lowest BCUT2D eigenvalue weighted by molar-refractivity contribution is -0.141. The van der Waals surface area contributed by atoms with Gasteiger partial charge in [-0.3, -0.25) is 9.59 Å². The third-order valence-electron chi connectivity index (χ3n) is 4.79. The van der Waals surface area contributed by atoms with Gasteiger partial charge in [-0.2, -0.15) is 0 Å². The predicted octanol–water partition coefficient (Wildman–Crippen LogP) is 1.82.